The van der Waals surface area contributed by atoms with E-state index in [9.17, 15) is 9.59 Å². The number of amides is 1. The number of fused-ring (bicyclic) bond motifs is 4. The van der Waals surface area contributed by atoms with Crippen LogP contribution in [0.4, 0.5) is 0 Å². The molecule has 2 atom stereocenters. The monoisotopic (exact) mass is 461 g/mol. The van der Waals surface area contributed by atoms with Crippen LogP contribution in [0, 0.1) is 0 Å². The Morgan fingerprint density at radius 3 is 2.82 bits per heavy atom. The van der Waals surface area contributed by atoms with Gasteiger partial charge in [-0.2, -0.15) is 0 Å². The summed E-state index contributed by atoms with van der Waals surface area (Å²) in [5, 5.41) is 12.8. The third-order valence-electron chi connectivity index (χ3n) is 6.26. The van der Waals surface area contributed by atoms with Crippen molar-refractivity contribution in [3.63, 3.8) is 0 Å². The maximum absolute atomic E-state index is 13.1. The lowest BCUT2D eigenvalue weighted by Gasteiger charge is -2.27. The summed E-state index contributed by atoms with van der Waals surface area (Å²) in [6, 6.07) is 15.9. The normalized spacial score (nSPS) is 16.6. The van der Waals surface area contributed by atoms with E-state index < -0.39 is 0 Å². The molecule has 2 aromatic carbocycles. The fraction of sp³-hybridized carbons (Fsp3) is 0.360. The van der Waals surface area contributed by atoms with E-state index in [1.807, 2.05) is 48.6 Å². The molecule has 5 rings (SSSR count). The number of hydrogen-bond acceptors (Lipinski definition) is 5. The molecule has 7 nitrogen and oxygen atoms in total. The molecule has 0 saturated heterocycles. The Morgan fingerprint density at radius 2 is 1.97 bits per heavy atom. The summed E-state index contributed by atoms with van der Waals surface area (Å²) in [5.41, 5.74) is 3.23. The molecule has 1 amide bonds. The predicted molar refractivity (Wildman–Crippen MR) is 131 cm³/mol. The van der Waals surface area contributed by atoms with Gasteiger partial charge in [-0.3, -0.25) is 18.6 Å². The van der Waals surface area contributed by atoms with E-state index in [-0.39, 0.29) is 22.8 Å². The summed E-state index contributed by atoms with van der Waals surface area (Å²) in [6.45, 7) is 4.48. The van der Waals surface area contributed by atoms with Gasteiger partial charge in [-0.1, -0.05) is 55.1 Å². The summed E-state index contributed by atoms with van der Waals surface area (Å²) >= 11 is 1.37. The first-order chi connectivity index (χ1) is 16.1. The van der Waals surface area contributed by atoms with E-state index in [4.69, 9.17) is 0 Å². The Labute approximate surface area is 196 Å². The van der Waals surface area contributed by atoms with Crippen molar-refractivity contribution in [3.8, 4) is 0 Å². The second-order valence-electron chi connectivity index (χ2n) is 8.50. The Balaban J connectivity index is 1.45. The highest BCUT2D eigenvalue weighted by molar-refractivity contribution is 8.00. The maximum atomic E-state index is 13.1. The molecule has 1 N–H and O–H groups in total. The van der Waals surface area contributed by atoms with Gasteiger partial charge in [0.2, 0.25) is 11.7 Å². The van der Waals surface area contributed by atoms with Crippen LogP contribution >= 0.6 is 11.8 Å². The van der Waals surface area contributed by atoms with E-state index in [1.54, 1.807) is 4.57 Å². The zero-order valence-corrected chi connectivity index (χ0v) is 19.6. The van der Waals surface area contributed by atoms with Gasteiger partial charge >= 0.3 is 0 Å². The number of para-hydroxylation sites is 1. The molecule has 0 fully saturated rings. The molecule has 33 heavy (non-hydrogen) atoms. The van der Waals surface area contributed by atoms with E-state index in [2.05, 4.69) is 33.7 Å². The fourth-order valence-corrected chi connectivity index (χ4v) is 5.50. The van der Waals surface area contributed by atoms with Crippen molar-refractivity contribution in [2.24, 2.45) is 0 Å². The number of aryl methyl sites for hydroxylation is 2. The smallest absolute Gasteiger partial charge is 0.262 e. The number of benzene rings is 2. The number of carbonyl (C=O) groups excluding carboxylic acids is 1. The average Bonchev–Trinajstić information content (AvgIpc) is 3.25. The van der Waals surface area contributed by atoms with Gasteiger partial charge in [0.1, 0.15) is 0 Å². The number of rotatable bonds is 6. The number of nitrogens with one attached hydrogen (secondary N) is 1. The average molecular weight is 462 g/mol. The van der Waals surface area contributed by atoms with Crippen molar-refractivity contribution in [3.05, 3.63) is 70.0 Å². The molecule has 2 heterocycles. The van der Waals surface area contributed by atoms with E-state index in [1.165, 1.54) is 22.9 Å². The van der Waals surface area contributed by atoms with Crippen LogP contribution in [0.1, 0.15) is 50.3 Å². The number of aromatic nitrogens is 4. The van der Waals surface area contributed by atoms with Gasteiger partial charge in [-0.25, -0.2) is 0 Å². The van der Waals surface area contributed by atoms with Gasteiger partial charge < -0.3 is 5.32 Å². The lowest BCUT2D eigenvalue weighted by Crippen LogP contribution is -2.36. The predicted octanol–water partition coefficient (Wildman–Crippen LogP) is 4.13. The Bertz CT molecular complexity index is 1390. The first-order valence-corrected chi connectivity index (χ1v) is 12.4. The van der Waals surface area contributed by atoms with E-state index in [0.29, 0.717) is 22.9 Å². The van der Waals surface area contributed by atoms with Crippen LogP contribution in [0.15, 0.2) is 58.5 Å². The second-order valence-corrected chi connectivity index (χ2v) is 9.81. The summed E-state index contributed by atoms with van der Waals surface area (Å²) < 4.78 is 3.57. The van der Waals surface area contributed by atoms with Gasteiger partial charge in [0.15, 0.2) is 5.16 Å². The van der Waals surface area contributed by atoms with Crippen LogP contribution < -0.4 is 10.9 Å². The van der Waals surface area contributed by atoms with Crippen LogP contribution in [0.3, 0.4) is 0 Å². The lowest BCUT2D eigenvalue weighted by molar-refractivity contribution is -0.121. The van der Waals surface area contributed by atoms with E-state index in [0.717, 1.165) is 31.2 Å². The molecule has 1 aliphatic carbocycles. The van der Waals surface area contributed by atoms with Crippen LogP contribution in [-0.4, -0.2) is 30.3 Å². The van der Waals surface area contributed by atoms with Crippen LogP contribution in [0.2, 0.25) is 0 Å². The largest absolute Gasteiger partial charge is 0.348 e. The Hall–Kier alpha value is -3.13. The molecule has 4 aromatic rings. The minimum absolute atomic E-state index is 0.0235. The van der Waals surface area contributed by atoms with Gasteiger partial charge in [-0.05, 0) is 55.9 Å². The fourth-order valence-electron chi connectivity index (χ4n) is 4.64. The van der Waals surface area contributed by atoms with Gasteiger partial charge in [0.05, 0.1) is 22.2 Å². The Morgan fingerprint density at radius 1 is 1.18 bits per heavy atom. The topological polar surface area (TPSA) is 81.3 Å². The quantitative estimate of drug-likeness (QED) is 0.437. The third-order valence-corrected chi connectivity index (χ3v) is 7.31. The summed E-state index contributed by atoms with van der Waals surface area (Å²) in [6.07, 6.45) is 3.89. The molecule has 0 aliphatic heterocycles. The highest BCUT2D eigenvalue weighted by atomic mass is 32.2. The zero-order chi connectivity index (χ0) is 22.9. The SMILES string of the molecule is CCCn1c(=O)c2ccccc2n2c(SC(C)C(=O)NC3CCCc4ccccc43)nnc12. The number of carbonyl (C=O) groups is 1. The highest BCUT2D eigenvalue weighted by Crippen LogP contribution is 2.31. The van der Waals surface area contributed by atoms with Gasteiger partial charge in [0, 0.05) is 6.54 Å². The van der Waals surface area contributed by atoms with Crippen molar-refractivity contribution in [1.29, 1.82) is 0 Å². The van der Waals surface area contributed by atoms with Crippen LogP contribution in [0.25, 0.3) is 16.7 Å². The molecule has 2 aromatic heterocycles. The van der Waals surface area contributed by atoms with Gasteiger partial charge in [0.25, 0.3) is 5.56 Å². The molecule has 0 spiro atoms. The number of nitrogens with zero attached hydrogens (tertiary/aromatic N) is 4. The van der Waals surface area contributed by atoms with Crippen molar-refractivity contribution in [2.75, 3.05) is 0 Å². The standard InChI is InChI=1S/C25H27N5O2S/c1-3-15-29-23(32)19-12-6-7-14-21(19)30-24(29)27-28-25(30)33-16(2)22(31)26-20-13-8-10-17-9-4-5-11-18(17)20/h4-7,9,11-12,14,16,20H,3,8,10,13,15H2,1-2H3,(H,26,31). The number of hydrogen-bond donors (Lipinski definition) is 1. The van der Waals surface area contributed by atoms with E-state index >= 15 is 0 Å². The lowest BCUT2D eigenvalue weighted by atomic mass is 9.88. The first kappa shape index (κ1) is 21.7. The molecule has 2 unspecified atom stereocenters. The molecule has 0 radical (unpaired) electrons. The summed E-state index contributed by atoms with van der Waals surface area (Å²) in [7, 11) is 0. The summed E-state index contributed by atoms with van der Waals surface area (Å²) in [4.78, 5) is 26.1. The van der Waals surface area contributed by atoms with Crippen molar-refractivity contribution < 1.29 is 4.79 Å². The second kappa shape index (κ2) is 9.02. The minimum atomic E-state index is -0.364. The highest BCUT2D eigenvalue weighted by Gasteiger charge is 2.26. The minimum Gasteiger partial charge on any atom is -0.348 e. The first-order valence-electron chi connectivity index (χ1n) is 11.5. The Kier molecular flexibility index (Phi) is 5.93. The number of thioether (sulfide) groups is 1. The van der Waals surface area contributed by atoms with Crippen LogP contribution in [0.5, 0.6) is 0 Å². The molecular formula is C25H27N5O2S. The molecule has 8 heteroatoms. The van der Waals surface area contributed by atoms with Crippen molar-refractivity contribution >= 4 is 34.3 Å². The maximum Gasteiger partial charge on any atom is 0.262 e. The molecule has 170 valence electrons. The third kappa shape index (κ3) is 3.93. The van der Waals surface area contributed by atoms with Crippen LogP contribution in [-0.2, 0) is 17.8 Å². The molecular weight excluding hydrogens is 434 g/mol. The van der Waals surface area contributed by atoms with Crippen molar-refractivity contribution in [2.45, 2.75) is 62.5 Å². The molecule has 0 saturated carbocycles. The van der Waals surface area contributed by atoms with Crippen molar-refractivity contribution in [1.82, 2.24) is 24.5 Å². The zero-order valence-electron chi connectivity index (χ0n) is 18.8. The summed E-state index contributed by atoms with van der Waals surface area (Å²) in [5.74, 6) is 0.488. The molecule has 1 aliphatic rings. The molecule has 0 bridgehead atoms. The van der Waals surface area contributed by atoms with Gasteiger partial charge in [-0.15, -0.1) is 10.2 Å².